The number of hydrogen-bond donors (Lipinski definition) is 2. The summed E-state index contributed by atoms with van der Waals surface area (Å²) in [6.07, 6.45) is 13.7. The van der Waals surface area contributed by atoms with Gasteiger partial charge in [0, 0.05) is 19.4 Å². The third kappa shape index (κ3) is 7.09. The molecule has 24 heavy (non-hydrogen) atoms. The van der Waals surface area contributed by atoms with E-state index >= 15 is 0 Å². The van der Waals surface area contributed by atoms with Crippen LogP contribution in [0.2, 0.25) is 0 Å². The van der Waals surface area contributed by atoms with Crippen molar-refractivity contribution >= 4 is 5.96 Å². The van der Waals surface area contributed by atoms with Gasteiger partial charge in [-0.05, 0) is 29.7 Å². The minimum absolute atomic E-state index is 0.0460. The second-order valence-electron chi connectivity index (χ2n) is 5.46. The van der Waals surface area contributed by atoms with Crippen molar-refractivity contribution < 1.29 is 8.87 Å². The predicted molar refractivity (Wildman–Crippen MR) is 96.1 cm³/mol. The molecule has 0 aromatic rings. The second kappa shape index (κ2) is 10.2. The molecule has 0 aromatic carbocycles. The molecule has 0 saturated heterocycles. The first-order valence-corrected chi connectivity index (χ1v) is 7.62. The summed E-state index contributed by atoms with van der Waals surface area (Å²) < 4.78 is 25.3. The number of aliphatic imine (C=N–C) groups is 1. The standard InChI is InChI=1S/C18H24F2N4/c1-14(2)16-7-5-6-10-21-18(22-11-8-16)24(4)12-9-17(23-20)13-15(3)19/h5-9,11-14,23H,3,10H2,1-2,4H3,(H,21,22)/b6-5+,11-8-,12-9-,16-7+,17-13+. The maximum Gasteiger partial charge on any atom is 0.202 e. The van der Waals surface area contributed by atoms with Gasteiger partial charge in [0.05, 0.1) is 12.2 Å². The van der Waals surface area contributed by atoms with Crippen LogP contribution in [-0.2, 0) is 0 Å². The molecule has 0 aliphatic carbocycles. The Hall–Kier alpha value is -2.63. The lowest BCUT2D eigenvalue weighted by Crippen LogP contribution is -2.32. The van der Waals surface area contributed by atoms with Crippen LogP contribution in [0.5, 0.6) is 0 Å². The Labute approximate surface area is 142 Å². The van der Waals surface area contributed by atoms with Gasteiger partial charge in [0.15, 0.2) is 0 Å². The zero-order valence-corrected chi connectivity index (χ0v) is 14.3. The average Bonchev–Trinajstić information content (AvgIpc) is 2.54. The van der Waals surface area contributed by atoms with Gasteiger partial charge in [0.1, 0.15) is 5.83 Å². The number of halogens is 2. The summed E-state index contributed by atoms with van der Waals surface area (Å²) in [5.41, 5.74) is 2.54. The van der Waals surface area contributed by atoms with Crippen molar-refractivity contribution in [1.82, 2.24) is 15.8 Å². The van der Waals surface area contributed by atoms with E-state index in [9.17, 15) is 8.87 Å². The lowest BCUT2D eigenvalue weighted by molar-refractivity contribution is 0.391. The molecule has 0 amide bonds. The van der Waals surface area contributed by atoms with E-state index in [1.54, 1.807) is 18.1 Å². The van der Waals surface area contributed by atoms with Gasteiger partial charge in [-0.1, -0.05) is 38.7 Å². The van der Waals surface area contributed by atoms with Crippen molar-refractivity contribution in [2.24, 2.45) is 10.9 Å². The van der Waals surface area contributed by atoms with E-state index < -0.39 is 5.83 Å². The molecular formula is C18H24F2N4. The molecule has 1 rings (SSSR count). The van der Waals surface area contributed by atoms with E-state index in [1.165, 1.54) is 17.2 Å². The summed E-state index contributed by atoms with van der Waals surface area (Å²) in [6, 6.07) is 0. The SMILES string of the molecule is C=C(F)/C=C(\C=C/N(C)C1=NC/C=C/C=C(C(C)C)\C=C/N1)NF. The quantitative estimate of drug-likeness (QED) is 0.592. The first kappa shape index (κ1) is 19.4. The van der Waals surface area contributed by atoms with Crippen LogP contribution in [0.25, 0.3) is 0 Å². The number of allylic oxidation sites excluding steroid dienone is 7. The van der Waals surface area contributed by atoms with Crippen LogP contribution in [0, 0.1) is 5.92 Å². The van der Waals surface area contributed by atoms with E-state index in [2.05, 4.69) is 36.8 Å². The summed E-state index contributed by atoms with van der Waals surface area (Å²) >= 11 is 0. The molecule has 0 saturated carbocycles. The zero-order valence-electron chi connectivity index (χ0n) is 14.3. The maximum atomic E-state index is 12.7. The molecule has 0 unspecified atom stereocenters. The summed E-state index contributed by atoms with van der Waals surface area (Å²) in [4.78, 5) is 6.08. The van der Waals surface area contributed by atoms with E-state index in [1.807, 2.05) is 24.4 Å². The number of nitrogens with zero attached hydrogens (tertiary/aromatic N) is 2. The highest BCUT2D eigenvalue weighted by molar-refractivity contribution is 5.81. The van der Waals surface area contributed by atoms with Crippen LogP contribution in [-0.4, -0.2) is 24.5 Å². The molecule has 4 nitrogen and oxygen atoms in total. The largest absolute Gasteiger partial charge is 0.333 e. The first-order valence-electron chi connectivity index (χ1n) is 7.62. The molecule has 2 N–H and O–H groups in total. The van der Waals surface area contributed by atoms with Gasteiger partial charge < -0.3 is 10.2 Å². The molecule has 0 fully saturated rings. The summed E-state index contributed by atoms with van der Waals surface area (Å²) in [5, 5.41) is 3.10. The van der Waals surface area contributed by atoms with Gasteiger partial charge in [0.25, 0.3) is 0 Å². The Morgan fingerprint density at radius 2 is 2.25 bits per heavy atom. The molecule has 0 bridgehead atoms. The smallest absolute Gasteiger partial charge is 0.202 e. The number of guanidine groups is 1. The predicted octanol–water partition coefficient (Wildman–Crippen LogP) is 3.88. The van der Waals surface area contributed by atoms with Crippen molar-refractivity contribution in [2.75, 3.05) is 13.6 Å². The van der Waals surface area contributed by atoms with Gasteiger partial charge >= 0.3 is 0 Å². The molecule has 1 heterocycles. The second-order valence-corrected chi connectivity index (χ2v) is 5.46. The van der Waals surface area contributed by atoms with Crippen molar-refractivity contribution in [2.45, 2.75) is 13.8 Å². The molecule has 130 valence electrons. The number of hydrogen-bond acceptors (Lipinski definition) is 4. The summed E-state index contributed by atoms with van der Waals surface area (Å²) in [5.74, 6) is 0.245. The lowest BCUT2D eigenvalue weighted by Gasteiger charge is -2.17. The van der Waals surface area contributed by atoms with Crippen LogP contribution in [0.4, 0.5) is 8.87 Å². The Kier molecular flexibility index (Phi) is 8.25. The third-order valence-electron chi connectivity index (χ3n) is 3.16. The highest BCUT2D eigenvalue weighted by Gasteiger charge is 2.03. The van der Waals surface area contributed by atoms with Gasteiger partial charge in [-0.3, -0.25) is 0 Å². The van der Waals surface area contributed by atoms with Gasteiger partial charge in [-0.25, -0.2) is 14.9 Å². The van der Waals surface area contributed by atoms with Crippen molar-refractivity contribution in [1.29, 1.82) is 0 Å². The minimum atomic E-state index is -0.738. The molecule has 6 heteroatoms. The van der Waals surface area contributed by atoms with Crippen LogP contribution in [0.15, 0.2) is 77.5 Å². The Morgan fingerprint density at radius 3 is 2.88 bits per heavy atom. The van der Waals surface area contributed by atoms with Crippen LogP contribution in [0.1, 0.15) is 13.8 Å². The maximum absolute atomic E-state index is 12.7. The normalized spacial score (nSPS) is 20.7. The van der Waals surface area contributed by atoms with Crippen LogP contribution >= 0.6 is 0 Å². The van der Waals surface area contributed by atoms with Crippen LogP contribution < -0.4 is 10.9 Å². The Bertz CT molecular complexity index is 611. The van der Waals surface area contributed by atoms with Gasteiger partial charge in [-0.2, -0.15) is 0 Å². The van der Waals surface area contributed by atoms with E-state index in [0.717, 1.165) is 6.08 Å². The summed E-state index contributed by atoms with van der Waals surface area (Å²) in [7, 11) is 1.75. The topological polar surface area (TPSA) is 39.7 Å². The molecule has 0 spiro atoms. The van der Waals surface area contributed by atoms with Crippen LogP contribution in [0.3, 0.4) is 0 Å². The highest BCUT2D eigenvalue weighted by Crippen LogP contribution is 2.11. The molecular weight excluding hydrogens is 310 g/mol. The molecule has 0 aromatic heterocycles. The molecule has 1 aliphatic heterocycles. The fourth-order valence-corrected chi connectivity index (χ4v) is 1.83. The summed E-state index contributed by atoms with van der Waals surface area (Å²) in [6.45, 7) is 7.81. The van der Waals surface area contributed by atoms with E-state index in [4.69, 9.17) is 0 Å². The molecule has 1 aliphatic rings. The molecule has 0 atom stereocenters. The first-order chi connectivity index (χ1) is 11.4. The third-order valence-corrected chi connectivity index (χ3v) is 3.16. The monoisotopic (exact) mass is 334 g/mol. The fourth-order valence-electron chi connectivity index (χ4n) is 1.83. The Balaban J connectivity index is 2.86. The van der Waals surface area contributed by atoms with Crippen molar-refractivity contribution in [3.8, 4) is 0 Å². The average molecular weight is 334 g/mol. The lowest BCUT2D eigenvalue weighted by atomic mass is 10.0. The number of rotatable bonds is 5. The van der Waals surface area contributed by atoms with Gasteiger partial charge in [0.2, 0.25) is 5.96 Å². The minimum Gasteiger partial charge on any atom is -0.333 e. The zero-order chi connectivity index (χ0) is 17.9. The van der Waals surface area contributed by atoms with E-state index in [0.29, 0.717) is 18.4 Å². The highest BCUT2D eigenvalue weighted by atomic mass is 19.2. The van der Waals surface area contributed by atoms with Gasteiger partial charge in [-0.15, -0.1) is 4.48 Å². The fraction of sp³-hybridized carbons (Fsp3) is 0.278. The van der Waals surface area contributed by atoms with Crippen molar-refractivity contribution in [3.05, 3.63) is 72.5 Å². The van der Waals surface area contributed by atoms with E-state index in [-0.39, 0.29) is 5.70 Å². The Morgan fingerprint density at radius 1 is 1.50 bits per heavy atom. The molecule has 0 radical (unpaired) electrons. The van der Waals surface area contributed by atoms with Crippen molar-refractivity contribution in [3.63, 3.8) is 0 Å². The number of nitrogens with one attached hydrogen (secondary N) is 2.